The van der Waals surface area contributed by atoms with Crippen LogP contribution in [0.2, 0.25) is 0 Å². The zero-order valence-corrected chi connectivity index (χ0v) is 8.52. The Morgan fingerprint density at radius 3 is 3.13 bits per heavy atom. The molecule has 0 aliphatic carbocycles. The molecule has 0 amide bonds. The summed E-state index contributed by atoms with van der Waals surface area (Å²) in [5.74, 6) is 0.823. The van der Waals surface area contributed by atoms with Crippen LogP contribution >= 0.6 is 0 Å². The van der Waals surface area contributed by atoms with Crippen LogP contribution in [0.4, 0.5) is 0 Å². The van der Waals surface area contributed by atoms with Crippen LogP contribution in [0.3, 0.4) is 0 Å². The second-order valence-electron chi connectivity index (χ2n) is 3.95. The smallest absolute Gasteiger partial charge is 0.257 e. The van der Waals surface area contributed by atoms with E-state index in [0.29, 0.717) is 5.39 Å². The van der Waals surface area contributed by atoms with Gasteiger partial charge < -0.3 is 14.7 Å². The molecule has 0 atom stereocenters. The van der Waals surface area contributed by atoms with Crippen LogP contribution < -0.4 is 10.3 Å². The number of aryl methyl sites for hydroxylation is 2. The van der Waals surface area contributed by atoms with Gasteiger partial charge in [-0.3, -0.25) is 4.79 Å². The lowest BCUT2D eigenvalue weighted by atomic mass is 10.1. The van der Waals surface area contributed by atoms with Gasteiger partial charge in [0.05, 0.1) is 23.2 Å². The minimum atomic E-state index is -0.0291. The van der Waals surface area contributed by atoms with Gasteiger partial charge in [0.2, 0.25) is 0 Å². The van der Waals surface area contributed by atoms with E-state index in [-0.39, 0.29) is 5.56 Å². The Hall–Kier alpha value is -1.71. The van der Waals surface area contributed by atoms with Crippen molar-refractivity contribution in [3.8, 4) is 5.75 Å². The highest BCUT2D eigenvalue weighted by Gasteiger charge is 2.17. The fourth-order valence-electron chi connectivity index (χ4n) is 2.12. The number of hydrogen-bond donors (Lipinski definition) is 2. The molecular weight excluding hydrogens is 192 g/mol. The Kier molecular flexibility index (Phi) is 1.65. The van der Waals surface area contributed by atoms with Crippen LogP contribution in [0.25, 0.3) is 10.9 Å². The molecule has 2 aromatic rings. The molecule has 2 aromatic heterocycles. The Morgan fingerprint density at radius 1 is 1.40 bits per heavy atom. The lowest BCUT2D eigenvalue weighted by Crippen LogP contribution is -2.16. The monoisotopic (exact) mass is 204 g/mol. The fourth-order valence-corrected chi connectivity index (χ4v) is 2.12. The van der Waals surface area contributed by atoms with Gasteiger partial charge in [-0.15, -0.1) is 0 Å². The van der Waals surface area contributed by atoms with Crippen molar-refractivity contribution in [1.29, 1.82) is 0 Å². The van der Waals surface area contributed by atoms with E-state index in [9.17, 15) is 4.79 Å². The largest absolute Gasteiger partial charge is 0.490 e. The van der Waals surface area contributed by atoms with E-state index >= 15 is 0 Å². The first-order chi connectivity index (χ1) is 7.25. The highest BCUT2D eigenvalue weighted by atomic mass is 16.5. The van der Waals surface area contributed by atoms with Gasteiger partial charge in [0, 0.05) is 5.69 Å². The van der Waals surface area contributed by atoms with E-state index in [0.717, 1.165) is 42.1 Å². The van der Waals surface area contributed by atoms with Crippen molar-refractivity contribution in [1.82, 2.24) is 9.97 Å². The number of H-pyrrole nitrogens is 2. The molecule has 15 heavy (non-hydrogen) atoms. The van der Waals surface area contributed by atoms with Gasteiger partial charge in [0.15, 0.2) is 5.75 Å². The highest BCUT2D eigenvalue weighted by molar-refractivity contribution is 5.86. The molecule has 2 N–H and O–H groups in total. The number of aromatic amines is 2. The number of fused-ring (bicyclic) bond motifs is 3. The lowest BCUT2D eigenvalue weighted by Gasteiger charge is -2.16. The van der Waals surface area contributed by atoms with E-state index in [2.05, 4.69) is 9.97 Å². The Morgan fingerprint density at radius 2 is 2.27 bits per heavy atom. The number of pyridine rings is 1. The third kappa shape index (κ3) is 1.17. The van der Waals surface area contributed by atoms with Crippen LogP contribution in [0.5, 0.6) is 5.75 Å². The summed E-state index contributed by atoms with van der Waals surface area (Å²) in [6.45, 7) is 2.67. The van der Waals surface area contributed by atoms with Crippen molar-refractivity contribution >= 4 is 10.9 Å². The van der Waals surface area contributed by atoms with Crippen molar-refractivity contribution in [3.05, 3.63) is 27.8 Å². The molecule has 3 rings (SSSR count). The number of nitrogens with one attached hydrogen (secondary N) is 2. The number of rotatable bonds is 0. The molecule has 0 fully saturated rings. The Bertz CT molecular complexity index is 580. The number of hydrogen-bond acceptors (Lipinski definition) is 2. The molecule has 4 nitrogen and oxygen atoms in total. The van der Waals surface area contributed by atoms with Gasteiger partial charge in [-0.05, 0) is 25.8 Å². The molecule has 0 bridgehead atoms. The first kappa shape index (κ1) is 8.59. The van der Waals surface area contributed by atoms with Crippen LogP contribution in [0.15, 0.2) is 10.9 Å². The van der Waals surface area contributed by atoms with Gasteiger partial charge in [0.1, 0.15) is 0 Å². The third-order valence-corrected chi connectivity index (χ3v) is 2.78. The summed E-state index contributed by atoms with van der Waals surface area (Å²) in [5.41, 5.74) is 2.71. The van der Waals surface area contributed by atoms with E-state index in [4.69, 9.17) is 4.74 Å². The summed E-state index contributed by atoms with van der Waals surface area (Å²) < 4.78 is 5.60. The van der Waals surface area contributed by atoms with Crippen molar-refractivity contribution in [3.63, 3.8) is 0 Å². The maximum absolute atomic E-state index is 11.7. The van der Waals surface area contributed by atoms with Crippen molar-refractivity contribution in [2.24, 2.45) is 0 Å². The Labute approximate surface area is 86.3 Å². The summed E-state index contributed by atoms with van der Waals surface area (Å²) >= 11 is 0. The molecule has 0 unspecified atom stereocenters. The molecule has 0 spiro atoms. The quantitative estimate of drug-likeness (QED) is 0.683. The predicted octanol–water partition coefficient (Wildman–Crippen LogP) is 1.49. The topological polar surface area (TPSA) is 57.9 Å². The van der Waals surface area contributed by atoms with Crippen LogP contribution in [0.1, 0.15) is 17.8 Å². The van der Waals surface area contributed by atoms with Crippen molar-refractivity contribution < 1.29 is 4.74 Å². The van der Waals surface area contributed by atoms with Crippen LogP contribution in [-0.2, 0) is 6.42 Å². The molecule has 4 heteroatoms. The van der Waals surface area contributed by atoms with Gasteiger partial charge in [0.25, 0.3) is 5.56 Å². The van der Waals surface area contributed by atoms with E-state index < -0.39 is 0 Å². The summed E-state index contributed by atoms with van der Waals surface area (Å²) in [4.78, 5) is 17.8. The first-order valence-electron chi connectivity index (χ1n) is 5.13. The molecule has 1 aliphatic heterocycles. The van der Waals surface area contributed by atoms with Gasteiger partial charge in [-0.2, -0.15) is 0 Å². The maximum Gasteiger partial charge on any atom is 0.257 e. The summed E-state index contributed by atoms with van der Waals surface area (Å²) in [6, 6.07) is 1.85. The molecule has 0 radical (unpaired) electrons. The maximum atomic E-state index is 11.7. The molecule has 78 valence electrons. The average Bonchev–Trinajstić information content (AvgIpc) is 2.61. The molecule has 3 heterocycles. The third-order valence-electron chi connectivity index (χ3n) is 2.78. The minimum absolute atomic E-state index is 0.0291. The molecular formula is C11H12N2O2. The zero-order valence-electron chi connectivity index (χ0n) is 8.52. The molecule has 0 aromatic carbocycles. The fraction of sp³-hybridized carbons (Fsp3) is 0.364. The zero-order chi connectivity index (χ0) is 10.4. The van der Waals surface area contributed by atoms with E-state index in [1.54, 1.807) is 0 Å². The number of ether oxygens (including phenoxy) is 1. The van der Waals surface area contributed by atoms with Gasteiger partial charge >= 0.3 is 0 Å². The second kappa shape index (κ2) is 2.89. The average molecular weight is 204 g/mol. The summed E-state index contributed by atoms with van der Waals surface area (Å²) in [6.07, 6.45) is 1.85. The van der Waals surface area contributed by atoms with Crippen LogP contribution in [-0.4, -0.2) is 16.6 Å². The van der Waals surface area contributed by atoms with Crippen LogP contribution in [0, 0.1) is 6.92 Å². The van der Waals surface area contributed by atoms with Gasteiger partial charge in [-0.1, -0.05) is 0 Å². The van der Waals surface area contributed by atoms with Crippen molar-refractivity contribution in [2.45, 2.75) is 19.8 Å². The molecule has 0 saturated carbocycles. The lowest BCUT2D eigenvalue weighted by molar-refractivity contribution is 0.288. The molecule has 1 aliphatic rings. The van der Waals surface area contributed by atoms with Gasteiger partial charge in [-0.25, -0.2) is 0 Å². The minimum Gasteiger partial charge on any atom is -0.490 e. The summed E-state index contributed by atoms with van der Waals surface area (Å²) in [7, 11) is 0. The normalized spacial score (nSPS) is 15.0. The Balaban J connectivity index is 2.44. The predicted molar refractivity (Wildman–Crippen MR) is 57.5 cm³/mol. The van der Waals surface area contributed by atoms with E-state index in [1.165, 1.54) is 0 Å². The summed E-state index contributed by atoms with van der Waals surface area (Å²) in [5, 5.41) is 0.688. The first-order valence-corrected chi connectivity index (χ1v) is 5.13. The SMILES string of the molecule is Cc1cc2c(=O)[nH]c3c(c2[nH]1)OCCC3. The second-order valence-corrected chi connectivity index (χ2v) is 3.95. The van der Waals surface area contributed by atoms with E-state index in [1.807, 2.05) is 13.0 Å². The van der Waals surface area contributed by atoms with Crippen molar-refractivity contribution in [2.75, 3.05) is 6.61 Å². The molecule has 0 saturated heterocycles. The highest BCUT2D eigenvalue weighted by Crippen LogP contribution is 2.29. The number of aromatic nitrogens is 2. The standard InChI is InChI=1S/C11H12N2O2/c1-6-5-7-9(12-6)10-8(13-11(7)14)3-2-4-15-10/h5,12H,2-4H2,1H3,(H,13,14).